The largest absolute Gasteiger partial charge is 0.356 e. The second-order valence-electron chi connectivity index (χ2n) is 7.10. The number of anilines is 1. The maximum absolute atomic E-state index is 12.9. The summed E-state index contributed by atoms with van der Waals surface area (Å²) in [5, 5.41) is 2.78. The number of carbonyl (C=O) groups excluding carboxylic acids is 3. The molecule has 3 amide bonds. The van der Waals surface area contributed by atoms with E-state index in [1.54, 1.807) is 23.1 Å². The molecule has 2 aromatic rings. The highest BCUT2D eigenvalue weighted by molar-refractivity contribution is 6.01. The fourth-order valence-electron chi connectivity index (χ4n) is 3.68. The van der Waals surface area contributed by atoms with Gasteiger partial charge in [-0.1, -0.05) is 0 Å². The topological polar surface area (TPSA) is 74.7 Å². The van der Waals surface area contributed by atoms with Crippen molar-refractivity contribution in [2.45, 2.75) is 12.8 Å². The van der Waals surface area contributed by atoms with Crippen LogP contribution in [0.3, 0.4) is 0 Å². The number of hydrogen-bond acceptors (Lipinski definition) is 3. The minimum absolute atomic E-state index is 0.00650. The number of fused-ring (bicyclic) bond motifs is 1. The maximum atomic E-state index is 12.9. The third-order valence-electron chi connectivity index (χ3n) is 5.13. The van der Waals surface area contributed by atoms with Gasteiger partial charge in [0.25, 0.3) is 11.8 Å². The first kappa shape index (κ1) is 17.3. The molecule has 0 aliphatic carbocycles. The molecular formula is C20H22N4O3. The molecule has 1 aromatic heterocycles. The summed E-state index contributed by atoms with van der Waals surface area (Å²) in [6, 6.07) is 7.16. The molecule has 0 unspecified atom stereocenters. The fraction of sp³-hybridized carbons (Fsp3) is 0.350. The van der Waals surface area contributed by atoms with Crippen LogP contribution < -0.4 is 5.32 Å². The van der Waals surface area contributed by atoms with E-state index in [4.69, 9.17) is 0 Å². The predicted octanol–water partition coefficient (Wildman–Crippen LogP) is 1.51. The van der Waals surface area contributed by atoms with Crippen LogP contribution in [0.5, 0.6) is 0 Å². The number of nitrogens with one attached hydrogen (secondary N) is 1. The molecule has 2 aliphatic heterocycles. The van der Waals surface area contributed by atoms with Crippen molar-refractivity contribution in [1.82, 2.24) is 14.4 Å². The molecule has 3 heterocycles. The standard InChI is InChI=1S/C20H22N4O3/c1-22-8-5-15(13-22)20(27)24-7-2-6-23(9-10-24)19(26)14-3-4-17-16(11-14)12-18(25)21-17/h3-5,8,11,13H,2,6-7,9-10,12H2,1H3,(H,21,25). The number of aryl methyl sites for hydroxylation is 1. The van der Waals surface area contributed by atoms with Gasteiger partial charge in [-0.2, -0.15) is 0 Å². The Hall–Kier alpha value is -3.09. The highest BCUT2D eigenvalue weighted by atomic mass is 16.2. The Morgan fingerprint density at radius 2 is 1.67 bits per heavy atom. The van der Waals surface area contributed by atoms with Crippen molar-refractivity contribution in [3.8, 4) is 0 Å². The van der Waals surface area contributed by atoms with Crippen molar-refractivity contribution >= 4 is 23.4 Å². The number of nitrogens with zero attached hydrogens (tertiary/aromatic N) is 3. The second kappa shape index (κ2) is 6.90. The zero-order valence-corrected chi connectivity index (χ0v) is 15.3. The molecule has 27 heavy (non-hydrogen) atoms. The van der Waals surface area contributed by atoms with Gasteiger partial charge in [-0.3, -0.25) is 14.4 Å². The number of aromatic nitrogens is 1. The van der Waals surface area contributed by atoms with Crippen molar-refractivity contribution in [3.63, 3.8) is 0 Å². The van der Waals surface area contributed by atoms with Gasteiger partial charge in [0.15, 0.2) is 0 Å². The Kier molecular flexibility index (Phi) is 4.43. The van der Waals surface area contributed by atoms with E-state index in [1.165, 1.54) is 0 Å². The highest BCUT2D eigenvalue weighted by Gasteiger charge is 2.25. The fourth-order valence-corrected chi connectivity index (χ4v) is 3.68. The first-order valence-electron chi connectivity index (χ1n) is 9.14. The lowest BCUT2D eigenvalue weighted by Gasteiger charge is -2.22. The van der Waals surface area contributed by atoms with Crippen molar-refractivity contribution in [1.29, 1.82) is 0 Å². The molecule has 140 valence electrons. The van der Waals surface area contributed by atoms with E-state index >= 15 is 0 Å². The Morgan fingerprint density at radius 3 is 2.33 bits per heavy atom. The first-order valence-corrected chi connectivity index (χ1v) is 9.14. The number of benzene rings is 1. The minimum Gasteiger partial charge on any atom is -0.356 e. The summed E-state index contributed by atoms with van der Waals surface area (Å²) in [7, 11) is 1.89. The molecule has 1 saturated heterocycles. The van der Waals surface area contributed by atoms with Crippen molar-refractivity contribution in [2.24, 2.45) is 7.05 Å². The van der Waals surface area contributed by atoms with Gasteiger partial charge >= 0.3 is 0 Å². The van der Waals surface area contributed by atoms with Gasteiger partial charge in [0.1, 0.15) is 0 Å². The molecule has 0 saturated carbocycles. The molecule has 1 N–H and O–H groups in total. The summed E-state index contributed by atoms with van der Waals surface area (Å²) in [6.45, 7) is 2.28. The summed E-state index contributed by atoms with van der Waals surface area (Å²) < 4.78 is 1.86. The molecule has 0 atom stereocenters. The average molecular weight is 366 g/mol. The van der Waals surface area contributed by atoms with Crippen LogP contribution in [-0.4, -0.2) is 58.3 Å². The van der Waals surface area contributed by atoms with Crippen LogP contribution in [-0.2, 0) is 18.3 Å². The van der Waals surface area contributed by atoms with Crippen molar-refractivity contribution in [2.75, 3.05) is 31.5 Å². The highest BCUT2D eigenvalue weighted by Crippen LogP contribution is 2.24. The smallest absolute Gasteiger partial charge is 0.255 e. The van der Waals surface area contributed by atoms with Crippen molar-refractivity contribution in [3.05, 3.63) is 53.3 Å². The van der Waals surface area contributed by atoms with Gasteiger partial charge in [0.2, 0.25) is 5.91 Å². The van der Waals surface area contributed by atoms with Gasteiger partial charge in [-0.25, -0.2) is 0 Å². The summed E-state index contributed by atoms with van der Waals surface area (Å²) in [6.07, 6.45) is 4.73. The quantitative estimate of drug-likeness (QED) is 0.875. The Morgan fingerprint density at radius 1 is 0.963 bits per heavy atom. The van der Waals surface area contributed by atoms with E-state index in [1.807, 2.05) is 35.0 Å². The first-order chi connectivity index (χ1) is 13.0. The van der Waals surface area contributed by atoms with Gasteiger partial charge < -0.3 is 19.7 Å². The van der Waals surface area contributed by atoms with Gasteiger partial charge in [-0.05, 0) is 36.2 Å². The van der Waals surface area contributed by atoms with E-state index < -0.39 is 0 Å². The molecule has 0 bridgehead atoms. The molecule has 2 aliphatic rings. The summed E-state index contributed by atoms with van der Waals surface area (Å²) in [5.41, 5.74) is 2.91. The SMILES string of the molecule is Cn1ccc(C(=O)N2CCCN(C(=O)c3ccc4c(c3)CC(=O)N4)CC2)c1. The molecule has 0 spiro atoms. The van der Waals surface area contributed by atoms with E-state index in [0.29, 0.717) is 43.7 Å². The monoisotopic (exact) mass is 366 g/mol. The molecule has 7 heteroatoms. The number of rotatable bonds is 2. The van der Waals surface area contributed by atoms with Crippen LogP contribution >= 0.6 is 0 Å². The Balaban J connectivity index is 1.44. The molecule has 4 rings (SSSR count). The summed E-state index contributed by atoms with van der Waals surface area (Å²) >= 11 is 0. The molecular weight excluding hydrogens is 344 g/mol. The summed E-state index contributed by atoms with van der Waals surface area (Å²) in [4.78, 5) is 40.6. The van der Waals surface area contributed by atoms with Crippen LogP contribution in [0.2, 0.25) is 0 Å². The van der Waals surface area contributed by atoms with Crippen LogP contribution in [0, 0.1) is 0 Å². The average Bonchev–Trinajstić information content (AvgIpc) is 3.16. The van der Waals surface area contributed by atoms with E-state index in [2.05, 4.69) is 5.32 Å². The second-order valence-corrected chi connectivity index (χ2v) is 7.10. The van der Waals surface area contributed by atoms with Gasteiger partial charge in [0, 0.05) is 56.9 Å². The zero-order valence-electron chi connectivity index (χ0n) is 15.3. The van der Waals surface area contributed by atoms with Crippen molar-refractivity contribution < 1.29 is 14.4 Å². The molecule has 7 nitrogen and oxygen atoms in total. The van der Waals surface area contributed by atoms with Gasteiger partial charge in [0.05, 0.1) is 12.0 Å². The van der Waals surface area contributed by atoms with Gasteiger partial charge in [-0.15, -0.1) is 0 Å². The van der Waals surface area contributed by atoms with Crippen LogP contribution in [0.25, 0.3) is 0 Å². The van der Waals surface area contributed by atoms with E-state index in [-0.39, 0.29) is 17.7 Å². The number of carbonyl (C=O) groups is 3. The van der Waals surface area contributed by atoms with Crippen LogP contribution in [0.4, 0.5) is 5.69 Å². The predicted molar refractivity (Wildman–Crippen MR) is 101 cm³/mol. The third-order valence-corrected chi connectivity index (χ3v) is 5.13. The normalized spacial score (nSPS) is 16.7. The zero-order chi connectivity index (χ0) is 19.0. The van der Waals surface area contributed by atoms with E-state index in [0.717, 1.165) is 17.7 Å². The molecule has 1 aromatic carbocycles. The Bertz CT molecular complexity index is 918. The lowest BCUT2D eigenvalue weighted by Crippen LogP contribution is -2.37. The number of hydrogen-bond donors (Lipinski definition) is 1. The molecule has 0 radical (unpaired) electrons. The third kappa shape index (κ3) is 3.45. The lowest BCUT2D eigenvalue weighted by atomic mass is 10.1. The van der Waals surface area contributed by atoms with E-state index in [9.17, 15) is 14.4 Å². The molecule has 1 fully saturated rings. The van der Waals surface area contributed by atoms with Crippen LogP contribution in [0.1, 0.15) is 32.7 Å². The lowest BCUT2D eigenvalue weighted by molar-refractivity contribution is -0.115. The van der Waals surface area contributed by atoms with Crippen LogP contribution in [0.15, 0.2) is 36.7 Å². The maximum Gasteiger partial charge on any atom is 0.255 e. The minimum atomic E-state index is -0.0499. The summed E-state index contributed by atoms with van der Waals surface area (Å²) in [5.74, 6) is -0.0855. The Labute approximate surface area is 157 Å². The number of amides is 3.